The van der Waals surface area contributed by atoms with Crippen LogP contribution >= 0.6 is 0 Å². The summed E-state index contributed by atoms with van der Waals surface area (Å²) >= 11 is 0. The summed E-state index contributed by atoms with van der Waals surface area (Å²) in [4.78, 5) is 25.6. The third-order valence-corrected chi connectivity index (χ3v) is 11.3. The van der Waals surface area contributed by atoms with Crippen molar-refractivity contribution in [2.75, 3.05) is 26.4 Å². The smallest absolute Gasteiger partial charge is 0.306 e. The van der Waals surface area contributed by atoms with Crippen molar-refractivity contribution in [3.05, 3.63) is 0 Å². The Bertz CT molecular complexity index is 1050. The van der Waals surface area contributed by atoms with Crippen LogP contribution in [0.4, 0.5) is 0 Å². The van der Waals surface area contributed by atoms with Crippen LogP contribution in [0.5, 0.6) is 0 Å². The quantitative estimate of drug-likeness (QED) is 0.0333. The predicted octanol–water partition coefficient (Wildman–Crippen LogP) is 4.87. The van der Waals surface area contributed by atoms with Crippen LogP contribution in [-0.4, -0.2) is 142 Å². The van der Waals surface area contributed by atoms with Gasteiger partial charge in [0.25, 0.3) is 0 Å². The molecule has 0 aromatic rings. The molecule has 2 aliphatic rings. The number of hydrogen-bond acceptors (Lipinski definition) is 15. The number of aliphatic hydroxyl groups excluding tert-OH is 7. The molecule has 0 radical (unpaired) electrons. The lowest BCUT2D eigenvalue weighted by Gasteiger charge is -2.42. The molecule has 0 aromatic heterocycles. The number of ether oxygens (including phenoxy) is 6. The average molecular weight is 851 g/mol. The molecule has 2 heterocycles. The Morgan fingerprint density at radius 3 is 1.32 bits per heavy atom. The molecule has 11 atom stereocenters. The van der Waals surface area contributed by atoms with E-state index in [-0.39, 0.29) is 26.1 Å². The highest BCUT2D eigenvalue weighted by atomic mass is 16.7. The van der Waals surface area contributed by atoms with E-state index in [1.165, 1.54) is 96.3 Å². The first-order valence-electron chi connectivity index (χ1n) is 23.1. The zero-order chi connectivity index (χ0) is 43.3. The minimum Gasteiger partial charge on any atom is -0.462 e. The second-order valence-electron chi connectivity index (χ2n) is 16.6. The molecule has 0 bridgehead atoms. The van der Waals surface area contributed by atoms with E-state index < -0.39 is 92.7 Å². The van der Waals surface area contributed by atoms with E-state index >= 15 is 0 Å². The molecule has 2 aliphatic heterocycles. The van der Waals surface area contributed by atoms with Gasteiger partial charge in [0.05, 0.1) is 19.8 Å². The van der Waals surface area contributed by atoms with Crippen LogP contribution in [0.2, 0.25) is 0 Å². The normalized spacial score (nSPS) is 27.7. The first-order chi connectivity index (χ1) is 28.5. The van der Waals surface area contributed by atoms with Gasteiger partial charge < -0.3 is 64.2 Å². The first kappa shape index (κ1) is 53.6. The monoisotopic (exact) mass is 851 g/mol. The van der Waals surface area contributed by atoms with Crippen molar-refractivity contribution in [3.63, 3.8) is 0 Å². The summed E-state index contributed by atoms with van der Waals surface area (Å²) in [5.41, 5.74) is 0. The lowest BCUT2D eigenvalue weighted by Crippen LogP contribution is -2.61. The lowest BCUT2D eigenvalue weighted by atomic mass is 9.98. The average Bonchev–Trinajstić information content (AvgIpc) is 3.23. The summed E-state index contributed by atoms with van der Waals surface area (Å²) in [6, 6.07) is 0. The number of hydrogen-bond donors (Lipinski definition) is 7. The van der Waals surface area contributed by atoms with Crippen LogP contribution in [0.3, 0.4) is 0 Å². The van der Waals surface area contributed by atoms with Gasteiger partial charge in [0, 0.05) is 12.8 Å². The van der Waals surface area contributed by atoms with Crippen LogP contribution in [0.1, 0.15) is 174 Å². The summed E-state index contributed by atoms with van der Waals surface area (Å²) < 4.78 is 33.4. The second kappa shape index (κ2) is 33.1. The van der Waals surface area contributed by atoms with Gasteiger partial charge in [0.2, 0.25) is 0 Å². The lowest BCUT2D eigenvalue weighted by molar-refractivity contribution is -0.332. The van der Waals surface area contributed by atoms with Gasteiger partial charge in [-0.3, -0.25) is 9.59 Å². The van der Waals surface area contributed by atoms with Gasteiger partial charge >= 0.3 is 11.9 Å². The van der Waals surface area contributed by atoms with E-state index in [1.807, 2.05) is 0 Å². The van der Waals surface area contributed by atoms with E-state index in [4.69, 9.17) is 28.4 Å². The fourth-order valence-corrected chi connectivity index (χ4v) is 7.45. The molecule has 15 nitrogen and oxygen atoms in total. The SMILES string of the molecule is CCCCCCCCCCCCCCCC(=O)OC(COC(=O)CCCCCCCCCCCC)COC1OC(COC2OC(CO)C(O)C(O)C2O)C(O)C(O)C1O. The summed E-state index contributed by atoms with van der Waals surface area (Å²) in [6.07, 6.45) is 10.1. The molecule has 2 rings (SSSR count). The minimum absolute atomic E-state index is 0.172. The molecule has 7 N–H and O–H groups in total. The Kier molecular flexibility index (Phi) is 30.1. The Balaban J connectivity index is 1.85. The molecule has 0 saturated carbocycles. The Labute approximate surface area is 353 Å². The third-order valence-electron chi connectivity index (χ3n) is 11.3. The largest absolute Gasteiger partial charge is 0.462 e. The molecule has 11 unspecified atom stereocenters. The fourth-order valence-electron chi connectivity index (χ4n) is 7.45. The number of carbonyl (C=O) groups is 2. The topological polar surface area (TPSA) is 231 Å². The van der Waals surface area contributed by atoms with Crippen molar-refractivity contribution in [1.82, 2.24) is 0 Å². The summed E-state index contributed by atoms with van der Waals surface area (Å²) in [5, 5.41) is 71.8. The fraction of sp³-hybridized carbons (Fsp3) is 0.955. The number of carbonyl (C=O) groups excluding carboxylic acids is 2. The van der Waals surface area contributed by atoms with Crippen LogP contribution in [0, 0.1) is 0 Å². The molecule has 0 amide bonds. The molecular weight excluding hydrogens is 768 g/mol. The third kappa shape index (κ3) is 22.4. The van der Waals surface area contributed by atoms with Crippen molar-refractivity contribution >= 4 is 11.9 Å². The molecule has 0 aromatic carbocycles. The number of rotatable bonds is 35. The van der Waals surface area contributed by atoms with Crippen molar-refractivity contribution in [1.29, 1.82) is 0 Å². The van der Waals surface area contributed by atoms with E-state index in [2.05, 4.69) is 13.8 Å². The maximum absolute atomic E-state index is 12.9. The van der Waals surface area contributed by atoms with Gasteiger partial charge in [-0.2, -0.15) is 0 Å². The number of unbranched alkanes of at least 4 members (excludes halogenated alkanes) is 21. The molecule has 0 aliphatic carbocycles. The number of esters is 2. The predicted molar refractivity (Wildman–Crippen MR) is 220 cm³/mol. The Morgan fingerprint density at radius 1 is 0.475 bits per heavy atom. The Hall–Kier alpha value is -1.50. The van der Waals surface area contributed by atoms with E-state index in [0.717, 1.165) is 38.5 Å². The highest BCUT2D eigenvalue weighted by Gasteiger charge is 2.47. The molecular formula is C44H82O15. The minimum atomic E-state index is -1.76. The highest BCUT2D eigenvalue weighted by Crippen LogP contribution is 2.26. The summed E-state index contributed by atoms with van der Waals surface area (Å²) in [7, 11) is 0. The van der Waals surface area contributed by atoms with Crippen LogP contribution < -0.4 is 0 Å². The first-order valence-corrected chi connectivity index (χ1v) is 23.1. The number of aliphatic hydroxyl groups is 7. The zero-order valence-corrected chi connectivity index (χ0v) is 36.3. The van der Waals surface area contributed by atoms with Gasteiger partial charge in [-0.15, -0.1) is 0 Å². The maximum atomic E-state index is 12.9. The van der Waals surface area contributed by atoms with Gasteiger partial charge in [0.15, 0.2) is 18.7 Å². The van der Waals surface area contributed by atoms with Gasteiger partial charge in [-0.25, -0.2) is 0 Å². The van der Waals surface area contributed by atoms with Crippen molar-refractivity contribution in [2.24, 2.45) is 0 Å². The Morgan fingerprint density at radius 2 is 0.864 bits per heavy atom. The van der Waals surface area contributed by atoms with Gasteiger partial charge in [0.1, 0.15) is 55.4 Å². The van der Waals surface area contributed by atoms with Crippen molar-refractivity contribution in [3.8, 4) is 0 Å². The maximum Gasteiger partial charge on any atom is 0.306 e. The molecule has 2 saturated heterocycles. The molecule has 348 valence electrons. The molecule has 2 fully saturated rings. The van der Waals surface area contributed by atoms with Gasteiger partial charge in [-0.05, 0) is 12.8 Å². The van der Waals surface area contributed by atoms with Crippen LogP contribution in [0.25, 0.3) is 0 Å². The van der Waals surface area contributed by atoms with E-state index in [1.54, 1.807) is 0 Å². The standard InChI is InChI=1S/C44H82O15/c1-3-5-7-9-11-13-15-16-17-19-21-23-25-27-36(47)57-32(29-54-35(46)26-24-22-20-18-14-12-10-8-6-4-2)30-55-43-42(53)40(51)38(49)34(59-43)31-56-44-41(52)39(50)37(48)33(28-45)58-44/h32-34,37-45,48-53H,3-31H2,1-2H3. The molecule has 59 heavy (non-hydrogen) atoms. The van der Waals surface area contributed by atoms with E-state index in [9.17, 15) is 45.3 Å². The van der Waals surface area contributed by atoms with Crippen molar-refractivity contribution < 1.29 is 73.8 Å². The van der Waals surface area contributed by atoms with Crippen molar-refractivity contribution in [2.45, 2.75) is 242 Å². The van der Waals surface area contributed by atoms with Crippen LogP contribution in [0.15, 0.2) is 0 Å². The second-order valence-corrected chi connectivity index (χ2v) is 16.6. The highest BCUT2D eigenvalue weighted by molar-refractivity contribution is 5.70. The zero-order valence-electron chi connectivity index (χ0n) is 36.3. The summed E-state index contributed by atoms with van der Waals surface area (Å²) in [5.74, 6) is -0.918. The van der Waals surface area contributed by atoms with Crippen LogP contribution in [-0.2, 0) is 38.0 Å². The van der Waals surface area contributed by atoms with Gasteiger partial charge in [-0.1, -0.05) is 149 Å². The summed E-state index contributed by atoms with van der Waals surface area (Å²) in [6.45, 7) is 2.57. The molecule has 15 heteroatoms. The molecule has 0 spiro atoms. The van der Waals surface area contributed by atoms with E-state index in [0.29, 0.717) is 12.8 Å².